The minimum atomic E-state index is -0.649. The number of rotatable bonds is 7. The second-order valence-corrected chi connectivity index (χ2v) is 10.5. The zero-order chi connectivity index (χ0) is 25.9. The molecule has 37 heavy (non-hydrogen) atoms. The molecule has 1 aliphatic rings. The van der Waals surface area contributed by atoms with Crippen molar-refractivity contribution in [3.05, 3.63) is 70.5 Å². The highest BCUT2D eigenvalue weighted by Gasteiger charge is 2.24. The average Bonchev–Trinajstić information content (AvgIpc) is 3.34. The van der Waals surface area contributed by atoms with Gasteiger partial charge in [-0.2, -0.15) is 0 Å². The largest absolute Gasteiger partial charge is 0.370 e. The van der Waals surface area contributed by atoms with Crippen molar-refractivity contribution in [1.29, 1.82) is 0 Å². The molecule has 0 bridgehead atoms. The first-order valence-corrected chi connectivity index (χ1v) is 12.9. The molecule has 5 rings (SSSR count). The first-order chi connectivity index (χ1) is 17.9. The van der Waals surface area contributed by atoms with Crippen molar-refractivity contribution in [2.24, 2.45) is 0 Å². The number of nitrogens with zero attached hydrogens (tertiary/aromatic N) is 6. The van der Waals surface area contributed by atoms with E-state index in [1.165, 1.54) is 23.5 Å². The molecule has 1 fully saturated rings. The third-order valence-electron chi connectivity index (χ3n) is 6.37. The summed E-state index contributed by atoms with van der Waals surface area (Å²) >= 11 is 1.63. The van der Waals surface area contributed by atoms with E-state index in [9.17, 15) is 4.79 Å². The van der Waals surface area contributed by atoms with Gasteiger partial charge in [0.05, 0.1) is 41.7 Å². The van der Waals surface area contributed by atoms with Crippen molar-refractivity contribution < 1.29 is 14.7 Å². The maximum atomic E-state index is 11.5. The van der Waals surface area contributed by atoms with Gasteiger partial charge in [0, 0.05) is 30.9 Å². The van der Waals surface area contributed by atoms with Gasteiger partial charge in [-0.05, 0) is 23.1 Å². The summed E-state index contributed by atoms with van der Waals surface area (Å²) in [5.41, 5.74) is 5.15. The molecule has 3 aromatic heterocycles. The number of morpholine rings is 1. The lowest BCUT2D eigenvalue weighted by Crippen LogP contribution is -2.39. The van der Waals surface area contributed by atoms with Crippen molar-refractivity contribution in [2.45, 2.75) is 32.4 Å². The van der Waals surface area contributed by atoms with Crippen molar-refractivity contribution in [3.8, 4) is 0 Å². The quantitative estimate of drug-likeness (QED) is 0.277. The number of benzene rings is 1. The molecule has 1 aliphatic heterocycles. The highest BCUT2D eigenvalue weighted by molar-refractivity contribution is 7.19. The molecule has 0 radical (unpaired) electrons. The number of aromatic nitrogens is 4. The van der Waals surface area contributed by atoms with E-state index < -0.39 is 5.91 Å². The fraction of sp³-hybridized carbons (Fsp3) is 0.346. The third kappa shape index (κ3) is 5.53. The molecule has 0 saturated carbocycles. The molecule has 1 unspecified atom stereocenters. The summed E-state index contributed by atoms with van der Waals surface area (Å²) in [5.74, 6) is 1.03. The average molecular weight is 520 g/mol. The Hall–Kier alpha value is -3.67. The Morgan fingerprint density at radius 2 is 1.97 bits per heavy atom. The van der Waals surface area contributed by atoms with Crippen LogP contribution in [0.4, 0.5) is 11.9 Å². The van der Waals surface area contributed by atoms with Gasteiger partial charge in [-0.1, -0.05) is 38.1 Å². The van der Waals surface area contributed by atoms with E-state index in [1.54, 1.807) is 16.8 Å². The molecule has 192 valence electrons. The Labute approximate surface area is 218 Å². The number of nitrogens with one attached hydrogen (secondary N) is 1. The number of hydrogen-bond acceptors (Lipinski definition) is 10. The molecule has 1 aromatic carbocycles. The van der Waals surface area contributed by atoms with Gasteiger partial charge in [-0.15, -0.1) is 11.3 Å². The van der Waals surface area contributed by atoms with E-state index in [2.05, 4.69) is 64.0 Å². The lowest BCUT2D eigenvalue weighted by Gasteiger charge is -2.33. The predicted octanol–water partition coefficient (Wildman–Crippen LogP) is 3.94. The zero-order valence-electron chi connectivity index (χ0n) is 21.0. The van der Waals surface area contributed by atoms with Crippen LogP contribution >= 0.6 is 11.3 Å². The van der Waals surface area contributed by atoms with Crippen LogP contribution in [0, 0.1) is 0 Å². The van der Waals surface area contributed by atoms with E-state index in [-0.39, 0.29) is 11.7 Å². The van der Waals surface area contributed by atoms with Gasteiger partial charge in [0.1, 0.15) is 6.10 Å². The Morgan fingerprint density at radius 3 is 2.68 bits per heavy atom. The van der Waals surface area contributed by atoms with Crippen molar-refractivity contribution >= 4 is 39.4 Å². The number of carbonyl (C=O) groups excluding carboxylic acids is 1. The number of amides is 1. The summed E-state index contributed by atoms with van der Waals surface area (Å²) in [7, 11) is 1.88. The summed E-state index contributed by atoms with van der Waals surface area (Å²) < 4.78 is 7.08. The Morgan fingerprint density at radius 1 is 1.22 bits per heavy atom. The van der Waals surface area contributed by atoms with E-state index in [0.717, 1.165) is 21.6 Å². The lowest BCUT2D eigenvalue weighted by molar-refractivity contribution is 0.0392. The molecule has 4 aromatic rings. The van der Waals surface area contributed by atoms with Gasteiger partial charge in [0.25, 0.3) is 5.91 Å². The molecule has 0 aliphatic carbocycles. The predicted molar refractivity (Wildman–Crippen MR) is 142 cm³/mol. The summed E-state index contributed by atoms with van der Waals surface area (Å²) in [4.78, 5) is 34.6. The highest BCUT2D eigenvalue weighted by atomic mass is 32.1. The van der Waals surface area contributed by atoms with Crippen LogP contribution in [0.25, 0.3) is 10.2 Å². The van der Waals surface area contributed by atoms with E-state index in [4.69, 9.17) is 14.9 Å². The van der Waals surface area contributed by atoms with E-state index in [0.29, 0.717) is 37.5 Å². The van der Waals surface area contributed by atoms with Crippen LogP contribution in [-0.2, 0) is 11.3 Å². The minimum Gasteiger partial charge on any atom is -0.370 e. The van der Waals surface area contributed by atoms with Crippen LogP contribution in [0.3, 0.4) is 0 Å². The Bertz CT molecular complexity index is 1380. The van der Waals surface area contributed by atoms with Gasteiger partial charge in [0.2, 0.25) is 11.9 Å². The van der Waals surface area contributed by atoms with Gasteiger partial charge in [-0.25, -0.2) is 25.4 Å². The Kier molecular flexibility index (Phi) is 7.26. The summed E-state index contributed by atoms with van der Waals surface area (Å²) in [6.45, 7) is 7.04. The van der Waals surface area contributed by atoms with Gasteiger partial charge in [-0.3, -0.25) is 10.0 Å². The number of hydrogen-bond donors (Lipinski definition) is 2. The van der Waals surface area contributed by atoms with Crippen LogP contribution in [0.5, 0.6) is 0 Å². The SMILES string of the molecule is CC(C)c1ccc(C2CN(c3ncc4sc(CN(C)c5ncc(C(=O)NO)cn5)cc4n3)CCO2)cc1. The zero-order valence-corrected chi connectivity index (χ0v) is 21.8. The number of fused-ring (bicyclic) bond motifs is 1. The summed E-state index contributed by atoms with van der Waals surface area (Å²) in [5, 5.41) is 8.74. The molecule has 10 nitrogen and oxygen atoms in total. The standard InChI is InChI=1S/C26H29N7O3S/c1-16(2)17-4-6-18(7-5-17)22-15-33(8-9-36-22)26-29-13-23-21(30-26)10-20(37-23)14-32(3)25-27-11-19(12-28-25)24(34)31-35/h4-7,10-13,16,22,35H,8-9,14-15H2,1-3H3,(H,31,34). The molecule has 1 atom stereocenters. The van der Waals surface area contributed by atoms with Crippen LogP contribution in [0.15, 0.2) is 48.9 Å². The monoisotopic (exact) mass is 519 g/mol. The van der Waals surface area contributed by atoms with Gasteiger partial charge >= 0.3 is 0 Å². The van der Waals surface area contributed by atoms with E-state index in [1.807, 2.05) is 18.1 Å². The first kappa shape index (κ1) is 25.0. The molecular formula is C26H29N7O3S. The van der Waals surface area contributed by atoms with Gasteiger partial charge in [0.15, 0.2) is 0 Å². The topological polar surface area (TPSA) is 117 Å². The minimum absolute atomic E-state index is 0.0178. The number of hydroxylamine groups is 1. The Balaban J connectivity index is 1.27. The number of ether oxygens (including phenoxy) is 1. The van der Waals surface area contributed by atoms with Crippen molar-refractivity contribution in [1.82, 2.24) is 25.4 Å². The van der Waals surface area contributed by atoms with Crippen LogP contribution in [0.2, 0.25) is 0 Å². The molecule has 1 saturated heterocycles. The molecule has 4 heterocycles. The molecule has 0 spiro atoms. The third-order valence-corrected chi connectivity index (χ3v) is 7.41. The molecule has 11 heteroatoms. The molecule has 2 N–H and O–H groups in total. The highest BCUT2D eigenvalue weighted by Crippen LogP contribution is 2.29. The first-order valence-electron chi connectivity index (χ1n) is 12.1. The second kappa shape index (κ2) is 10.8. The van der Waals surface area contributed by atoms with Gasteiger partial charge < -0.3 is 14.5 Å². The smallest absolute Gasteiger partial charge is 0.277 e. The number of anilines is 2. The fourth-order valence-electron chi connectivity index (χ4n) is 4.24. The van der Waals surface area contributed by atoms with Crippen molar-refractivity contribution in [2.75, 3.05) is 36.5 Å². The fourth-order valence-corrected chi connectivity index (χ4v) is 5.27. The number of carbonyl (C=O) groups is 1. The van der Waals surface area contributed by atoms with Crippen LogP contribution in [0.1, 0.15) is 52.2 Å². The van der Waals surface area contributed by atoms with E-state index >= 15 is 0 Å². The maximum Gasteiger partial charge on any atom is 0.277 e. The normalized spacial score (nSPS) is 15.8. The van der Waals surface area contributed by atoms with Crippen molar-refractivity contribution in [3.63, 3.8) is 0 Å². The maximum absolute atomic E-state index is 11.5. The van der Waals surface area contributed by atoms with Crippen LogP contribution in [-0.4, -0.2) is 57.8 Å². The molecule has 1 amide bonds. The number of thiophene rings is 1. The van der Waals surface area contributed by atoms with Crippen LogP contribution < -0.4 is 15.3 Å². The second-order valence-electron chi connectivity index (χ2n) is 9.33. The summed E-state index contributed by atoms with van der Waals surface area (Å²) in [6.07, 6.45) is 4.62. The lowest BCUT2D eigenvalue weighted by atomic mass is 9.99. The molecular weight excluding hydrogens is 490 g/mol. The summed E-state index contributed by atoms with van der Waals surface area (Å²) in [6, 6.07) is 10.7.